The summed E-state index contributed by atoms with van der Waals surface area (Å²) in [5.74, 6) is 1.53. The van der Waals surface area contributed by atoms with Gasteiger partial charge in [0.2, 0.25) is 0 Å². The van der Waals surface area contributed by atoms with Gasteiger partial charge in [0, 0.05) is 5.56 Å². The predicted molar refractivity (Wildman–Crippen MR) is 93.8 cm³/mol. The van der Waals surface area contributed by atoms with E-state index in [-0.39, 0.29) is 5.91 Å². The summed E-state index contributed by atoms with van der Waals surface area (Å²) in [6.45, 7) is 6.36. The molecule has 1 amide bonds. The number of hydrogen-bond donors (Lipinski definition) is 1. The second-order valence-electron chi connectivity index (χ2n) is 5.70. The summed E-state index contributed by atoms with van der Waals surface area (Å²) < 4.78 is 5.79. The number of carbonyl (C=O) groups excluding carboxylic acids is 1. The molecule has 3 nitrogen and oxygen atoms in total. The van der Waals surface area contributed by atoms with E-state index in [9.17, 15) is 4.79 Å². The number of rotatable bonds is 4. The number of amides is 1. The van der Waals surface area contributed by atoms with Gasteiger partial charge in [-0.15, -0.1) is 11.3 Å². The SMILES string of the molecule is Cc1cc(C)c(C(=O)NCc2ccc(-c3cccs3)o2)c(C)c1. The number of hydrogen-bond acceptors (Lipinski definition) is 3. The fraction of sp³-hybridized carbons (Fsp3) is 0.211. The van der Waals surface area contributed by atoms with E-state index in [2.05, 4.69) is 5.32 Å². The summed E-state index contributed by atoms with van der Waals surface area (Å²) in [5.41, 5.74) is 3.92. The molecular formula is C19H19NO2S. The number of thiophene rings is 1. The van der Waals surface area contributed by atoms with Crippen LogP contribution >= 0.6 is 11.3 Å². The quantitative estimate of drug-likeness (QED) is 0.744. The summed E-state index contributed by atoms with van der Waals surface area (Å²) in [6.07, 6.45) is 0. The van der Waals surface area contributed by atoms with Crippen LogP contribution < -0.4 is 5.32 Å². The van der Waals surface area contributed by atoms with Crippen LogP contribution in [0.3, 0.4) is 0 Å². The third kappa shape index (κ3) is 3.37. The maximum absolute atomic E-state index is 12.5. The molecule has 2 heterocycles. The summed E-state index contributed by atoms with van der Waals surface area (Å²) in [5, 5.41) is 4.96. The van der Waals surface area contributed by atoms with Crippen LogP contribution in [0, 0.1) is 20.8 Å². The van der Waals surface area contributed by atoms with Crippen LogP contribution in [-0.4, -0.2) is 5.91 Å². The fourth-order valence-corrected chi connectivity index (χ4v) is 3.50. The van der Waals surface area contributed by atoms with Crippen LogP contribution in [-0.2, 0) is 6.54 Å². The van der Waals surface area contributed by atoms with Gasteiger partial charge in [0.15, 0.2) is 0 Å². The van der Waals surface area contributed by atoms with Crippen LogP contribution in [0.1, 0.15) is 32.8 Å². The minimum atomic E-state index is -0.0610. The first-order valence-electron chi connectivity index (χ1n) is 7.53. The summed E-state index contributed by atoms with van der Waals surface area (Å²) in [4.78, 5) is 13.5. The van der Waals surface area contributed by atoms with E-state index in [4.69, 9.17) is 4.42 Å². The number of furan rings is 1. The Balaban J connectivity index is 1.70. The number of benzene rings is 1. The topological polar surface area (TPSA) is 42.2 Å². The van der Waals surface area contributed by atoms with Gasteiger partial charge in [-0.05, 0) is 55.5 Å². The molecule has 1 aromatic carbocycles. The van der Waals surface area contributed by atoms with E-state index in [1.165, 1.54) is 5.56 Å². The Bertz CT molecular complexity index is 808. The van der Waals surface area contributed by atoms with Crippen molar-refractivity contribution >= 4 is 17.2 Å². The van der Waals surface area contributed by atoms with Crippen LogP contribution in [0.25, 0.3) is 10.6 Å². The van der Waals surface area contributed by atoms with E-state index in [1.54, 1.807) is 11.3 Å². The lowest BCUT2D eigenvalue weighted by atomic mass is 9.99. The highest BCUT2D eigenvalue weighted by molar-refractivity contribution is 7.13. The van der Waals surface area contributed by atoms with Gasteiger partial charge in [0.1, 0.15) is 11.5 Å². The standard InChI is InChI=1S/C19H19NO2S/c1-12-9-13(2)18(14(3)10-12)19(21)20-11-15-6-7-16(22-15)17-5-4-8-23-17/h4-10H,11H2,1-3H3,(H,20,21). The molecule has 0 radical (unpaired) electrons. The molecule has 118 valence electrons. The van der Waals surface area contributed by atoms with Gasteiger partial charge < -0.3 is 9.73 Å². The van der Waals surface area contributed by atoms with Gasteiger partial charge in [-0.1, -0.05) is 23.8 Å². The van der Waals surface area contributed by atoms with E-state index >= 15 is 0 Å². The van der Waals surface area contributed by atoms with Crippen molar-refractivity contribution in [1.29, 1.82) is 0 Å². The molecule has 3 aromatic rings. The van der Waals surface area contributed by atoms with Crippen LogP contribution in [0.5, 0.6) is 0 Å². The van der Waals surface area contributed by atoms with Crippen molar-refractivity contribution in [3.63, 3.8) is 0 Å². The van der Waals surface area contributed by atoms with Crippen molar-refractivity contribution in [2.45, 2.75) is 27.3 Å². The Morgan fingerprint density at radius 3 is 2.52 bits per heavy atom. The predicted octanol–water partition coefficient (Wildman–Crippen LogP) is 4.86. The van der Waals surface area contributed by atoms with Gasteiger partial charge >= 0.3 is 0 Å². The fourth-order valence-electron chi connectivity index (χ4n) is 2.82. The summed E-state index contributed by atoms with van der Waals surface area (Å²) in [7, 11) is 0. The van der Waals surface area contributed by atoms with Crippen molar-refractivity contribution in [3.8, 4) is 10.6 Å². The zero-order valence-corrected chi connectivity index (χ0v) is 14.3. The molecule has 0 aliphatic rings. The maximum atomic E-state index is 12.5. The molecule has 0 spiro atoms. The van der Waals surface area contributed by atoms with Gasteiger partial charge in [0.05, 0.1) is 11.4 Å². The molecule has 0 aliphatic heterocycles. The number of aryl methyl sites for hydroxylation is 3. The smallest absolute Gasteiger partial charge is 0.252 e. The molecule has 0 aliphatic carbocycles. The molecule has 0 unspecified atom stereocenters. The number of nitrogens with one attached hydrogen (secondary N) is 1. The van der Waals surface area contributed by atoms with Crippen LogP contribution in [0.2, 0.25) is 0 Å². The molecule has 0 saturated heterocycles. The molecule has 23 heavy (non-hydrogen) atoms. The van der Waals surface area contributed by atoms with E-state index in [1.807, 2.05) is 62.5 Å². The van der Waals surface area contributed by atoms with Crippen molar-refractivity contribution < 1.29 is 9.21 Å². The Morgan fingerprint density at radius 1 is 1.13 bits per heavy atom. The third-order valence-electron chi connectivity index (χ3n) is 3.75. The molecule has 0 atom stereocenters. The largest absolute Gasteiger partial charge is 0.458 e. The first-order valence-corrected chi connectivity index (χ1v) is 8.41. The normalized spacial score (nSPS) is 10.7. The average Bonchev–Trinajstić information content (AvgIpc) is 3.15. The Hall–Kier alpha value is -2.33. The molecular weight excluding hydrogens is 306 g/mol. The first kappa shape index (κ1) is 15.6. The lowest BCUT2D eigenvalue weighted by Crippen LogP contribution is -2.24. The highest BCUT2D eigenvalue weighted by Crippen LogP contribution is 2.26. The minimum Gasteiger partial charge on any atom is -0.458 e. The monoisotopic (exact) mass is 325 g/mol. The lowest BCUT2D eigenvalue weighted by molar-refractivity contribution is 0.0947. The third-order valence-corrected chi connectivity index (χ3v) is 4.64. The Labute approximate surface area is 140 Å². The number of carbonyl (C=O) groups is 1. The highest BCUT2D eigenvalue weighted by Gasteiger charge is 2.13. The molecule has 0 fully saturated rings. The van der Waals surface area contributed by atoms with Crippen molar-refractivity contribution in [3.05, 3.63) is 69.8 Å². The zero-order chi connectivity index (χ0) is 16.4. The second kappa shape index (κ2) is 6.42. The average molecular weight is 325 g/mol. The van der Waals surface area contributed by atoms with Crippen molar-refractivity contribution in [2.75, 3.05) is 0 Å². The first-order chi connectivity index (χ1) is 11.0. The Morgan fingerprint density at radius 2 is 1.87 bits per heavy atom. The molecule has 4 heteroatoms. The molecule has 2 aromatic heterocycles. The highest BCUT2D eigenvalue weighted by atomic mass is 32.1. The van der Waals surface area contributed by atoms with Gasteiger partial charge in [-0.25, -0.2) is 0 Å². The maximum Gasteiger partial charge on any atom is 0.252 e. The zero-order valence-electron chi connectivity index (χ0n) is 13.5. The van der Waals surface area contributed by atoms with E-state index in [0.717, 1.165) is 33.1 Å². The van der Waals surface area contributed by atoms with Crippen LogP contribution in [0.15, 0.2) is 46.2 Å². The van der Waals surface area contributed by atoms with Gasteiger partial charge in [-0.2, -0.15) is 0 Å². The van der Waals surface area contributed by atoms with Gasteiger partial charge in [-0.3, -0.25) is 4.79 Å². The minimum absolute atomic E-state index is 0.0610. The van der Waals surface area contributed by atoms with Crippen molar-refractivity contribution in [2.24, 2.45) is 0 Å². The second-order valence-corrected chi connectivity index (χ2v) is 6.65. The summed E-state index contributed by atoms with van der Waals surface area (Å²) >= 11 is 1.63. The van der Waals surface area contributed by atoms with E-state index in [0.29, 0.717) is 6.54 Å². The lowest BCUT2D eigenvalue weighted by Gasteiger charge is -2.11. The Kier molecular flexibility index (Phi) is 4.35. The molecule has 3 rings (SSSR count). The molecule has 0 bridgehead atoms. The summed E-state index contributed by atoms with van der Waals surface area (Å²) in [6, 6.07) is 11.9. The van der Waals surface area contributed by atoms with Crippen LogP contribution in [0.4, 0.5) is 0 Å². The van der Waals surface area contributed by atoms with E-state index < -0.39 is 0 Å². The van der Waals surface area contributed by atoms with Gasteiger partial charge in [0.25, 0.3) is 5.91 Å². The molecule has 0 saturated carbocycles. The molecule has 1 N–H and O–H groups in total. The van der Waals surface area contributed by atoms with Crippen molar-refractivity contribution in [1.82, 2.24) is 5.32 Å².